The van der Waals surface area contributed by atoms with Gasteiger partial charge in [0.15, 0.2) is 11.0 Å². The second kappa shape index (κ2) is 8.82. The summed E-state index contributed by atoms with van der Waals surface area (Å²) in [5.74, 6) is 0.198. The fraction of sp³-hybridized carbons (Fsp3) is 0.296. The zero-order chi connectivity index (χ0) is 23.8. The smallest absolute Gasteiger partial charge is 0.367 e. The van der Waals surface area contributed by atoms with Crippen LogP contribution >= 0.6 is 0 Å². The average Bonchev–Trinajstić information content (AvgIpc) is 3.49. The molecule has 1 aliphatic heterocycles. The summed E-state index contributed by atoms with van der Waals surface area (Å²) in [6, 6.07) is 20.7. The fourth-order valence-corrected chi connectivity index (χ4v) is 5.06. The molecule has 0 unspecified atom stereocenters. The summed E-state index contributed by atoms with van der Waals surface area (Å²) in [5, 5.41) is 8.87. The van der Waals surface area contributed by atoms with Gasteiger partial charge in [-0.2, -0.15) is 5.10 Å². The molecule has 3 aromatic carbocycles. The molecule has 0 amide bonds. The maximum atomic E-state index is 12.9. The van der Waals surface area contributed by atoms with Crippen LogP contribution in [-0.2, 0) is 23.6 Å². The van der Waals surface area contributed by atoms with Crippen molar-refractivity contribution in [1.29, 1.82) is 0 Å². The number of hydrogen-bond donors (Lipinski definition) is 0. The van der Waals surface area contributed by atoms with E-state index in [1.54, 1.807) is 5.01 Å². The van der Waals surface area contributed by atoms with E-state index in [-0.39, 0.29) is 5.71 Å². The highest BCUT2D eigenvalue weighted by molar-refractivity contribution is 6.42. The Labute approximate surface area is 199 Å². The van der Waals surface area contributed by atoms with Crippen molar-refractivity contribution >= 4 is 44.9 Å². The second-order valence-corrected chi connectivity index (χ2v) is 8.74. The maximum absolute atomic E-state index is 12.9. The molecule has 1 fully saturated rings. The van der Waals surface area contributed by atoms with Crippen molar-refractivity contribution in [3.63, 3.8) is 0 Å². The van der Waals surface area contributed by atoms with Gasteiger partial charge in [-0.15, -0.1) is 0 Å². The predicted molar refractivity (Wildman–Crippen MR) is 136 cm³/mol. The molecule has 0 N–H and O–H groups in total. The normalized spacial score (nSPS) is 14.2. The fourth-order valence-electron chi connectivity index (χ4n) is 5.06. The summed E-state index contributed by atoms with van der Waals surface area (Å²) in [4.78, 5) is 15.4. The maximum Gasteiger partial charge on any atom is 0.367 e. The molecule has 0 bridgehead atoms. The van der Waals surface area contributed by atoms with Gasteiger partial charge in [-0.25, -0.2) is 13.9 Å². The summed E-state index contributed by atoms with van der Waals surface area (Å²) in [6.45, 7) is 2.17. The van der Waals surface area contributed by atoms with Crippen molar-refractivity contribution in [1.82, 2.24) is 4.57 Å². The molecule has 2 heterocycles. The van der Waals surface area contributed by atoms with Gasteiger partial charge in [0.05, 0.1) is 26.9 Å². The van der Waals surface area contributed by atoms with E-state index >= 15 is 0 Å². The molecule has 0 radical (unpaired) electrons. The third-order valence-electron chi connectivity index (χ3n) is 6.75. The number of para-hydroxylation sites is 2. The number of methoxy groups -OCH3 is 1. The number of aryl methyl sites for hydroxylation is 2. The van der Waals surface area contributed by atoms with Gasteiger partial charge < -0.3 is 9.64 Å². The zero-order valence-electron chi connectivity index (χ0n) is 20.2. The van der Waals surface area contributed by atoms with E-state index in [9.17, 15) is 4.79 Å². The summed E-state index contributed by atoms with van der Waals surface area (Å²) in [5.41, 5.74) is 4.46. The number of hydrazone groups is 1. The number of esters is 1. The first kappa shape index (κ1) is 21.9. The molecular weight excluding hydrogens is 426 g/mol. The first-order valence-corrected chi connectivity index (χ1v) is 11.6. The van der Waals surface area contributed by atoms with Gasteiger partial charge in [-0.3, -0.25) is 5.01 Å². The van der Waals surface area contributed by atoms with Crippen LogP contribution in [0.1, 0.15) is 18.7 Å². The molecule has 7 heteroatoms. The van der Waals surface area contributed by atoms with Crippen molar-refractivity contribution in [2.75, 3.05) is 37.2 Å². The van der Waals surface area contributed by atoms with Crippen LogP contribution in [-0.4, -0.2) is 43.5 Å². The largest absolute Gasteiger partial charge is 0.464 e. The summed E-state index contributed by atoms with van der Waals surface area (Å²) < 4.78 is 9.11. The number of anilines is 2. The molecular formula is C27H30N5O2+. The van der Waals surface area contributed by atoms with E-state index in [4.69, 9.17) is 9.84 Å². The Balaban J connectivity index is 1.64. The Morgan fingerprint density at radius 2 is 1.68 bits per heavy atom. The van der Waals surface area contributed by atoms with Gasteiger partial charge in [0.25, 0.3) is 5.71 Å². The van der Waals surface area contributed by atoms with E-state index in [1.165, 1.54) is 31.0 Å². The molecule has 0 aliphatic carbocycles. The highest BCUT2D eigenvalue weighted by atomic mass is 16.5. The van der Waals surface area contributed by atoms with E-state index in [0.29, 0.717) is 5.82 Å². The first-order chi connectivity index (χ1) is 16.5. The SMILES string of the molecule is COC(=O)/C(=N\N(C)c1ccc(N2CCCC2)c2ccccc12)c1n(C)c2ccccc2[n+]1C. The number of nitrogens with zero attached hydrogens (tertiary/aromatic N) is 5. The van der Waals surface area contributed by atoms with E-state index < -0.39 is 5.97 Å². The molecule has 0 saturated carbocycles. The lowest BCUT2D eigenvalue weighted by Gasteiger charge is -2.23. The van der Waals surface area contributed by atoms with Crippen molar-refractivity contribution in [2.24, 2.45) is 19.2 Å². The first-order valence-electron chi connectivity index (χ1n) is 11.6. The molecule has 0 spiro atoms. The lowest BCUT2D eigenvalue weighted by Crippen LogP contribution is -2.40. The van der Waals surface area contributed by atoms with Crippen LogP contribution in [0.15, 0.2) is 65.8 Å². The monoisotopic (exact) mass is 456 g/mol. The van der Waals surface area contributed by atoms with Gasteiger partial charge >= 0.3 is 11.8 Å². The van der Waals surface area contributed by atoms with Crippen molar-refractivity contribution < 1.29 is 14.1 Å². The van der Waals surface area contributed by atoms with Crippen LogP contribution in [0.25, 0.3) is 21.8 Å². The number of imidazole rings is 1. The number of ether oxygens (including phenoxy) is 1. The van der Waals surface area contributed by atoms with Gasteiger partial charge in [-0.1, -0.05) is 36.4 Å². The number of carbonyl (C=O) groups is 1. The number of aromatic nitrogens is 2. The van der Waals surface area contributed by atoms with Crippen molar-refractivity contribution in [2.45, 2.75) is 12.8 Å². The molecule has 1 saturated heterocycles. The number of hydrogen-bond acceptors (Lipinski definition) is 5. The Bertz CT molecular complexity index is 1380. The van der Waals surface area contributed by atoms with Crippen LogP contribution in [0.4, 0.5) is 11.4 Å². The average molecular weight is 457 g/mol. The lowest BCUT2D eigenvalue weighted by atomic mass is 10.1. The third kappa shape index (κ3) is 3.57. The van der Waals surface area contributed by atoms with Gasteiger partial charge in [-0.05, 0) is 37.1 Å². The van der Waals surface area contributed by atoms with Gasteiger partial charge in [0.2, 0.25) is 0 Å². The minimum Gasteiger partial charge on any atom is -0.464 e. The second-order valence-electron chi connectivity index (χ2n) is 8.74. The Morgan fingerprint density at radius 1 is 1.00 bits per heavy atom. The molecule has 5 rings (SSSR count). The molecule has 1 aliphatic rings. The highest BCUT2D eigenvalue weighted by Crippen LogP contribution is 2.35. The van der Waals surface area contributed by atoms with Crippen molar-refractivity contribution in [3.8, 4) is 0 Å². The number of carbonyl (C=O) groups excluding carboxylic acids is 1. The summed E-state index contributed by atoms with van der Waals surface area (Å²) >= 11 is 0. The van der Waals surface area contributed by atoms with Crippen LogP contribution in [0.2, 0.25) is 0 Å². The standard InChI is InChI=1S/C27H30N5O2/c1-29-23-13-7-8-14-24(23)30(2)26(29)25(27(33)34-4)28-31(3)21-15-16-22(32-17-9-10-18-32)20-12-6-5-11-19(20)21/h5-8,11-16H,9-10,17-18H2,1-4H3/q+1. The molecule has 7 nitrogen and oxygen atoms in total. The van der Waals surface area contributed by atoms with E-state index in [2.05, 4.69) is 35.2 Å². The molecule has 34 heavy (non-hydrogen) atoms. The lowest BCUT2D eigenvalue weighted by molar-refractivity contribution is -0.646. The minimum atomic E-state index is -0.480. The topological polar surface area (TPSA) is 54.0 Å². The molecule has 4 aromatic rings. The van der Waals surface area contributed by atoms with Gasteiger partial charge in [0.1, 0.15) is 0 Å². The van der Waals surface area contributed by atoms with Crippen LogP contribution < -0.4 is 14.5 Å². The molecule has 1 aromatic heterocycles. The number of rotatable bonds is 5. The quantitative estimate of drug-likeness (QED) is 0.199. The minimum absolute atomic E-state index is 0.249. The zero-order valence-corrected chi connectivity index (χ0v) is 20.2. The van der Waals surface area contributed by atoms with Crippen molar-refractivity contribution in [3.05, 3.63) is 66.5 Å². The molecule has 0 atom stereocenters. The highest BCUT2D eigenvalue weighted by Gasteiger charge is 2.31. The van der Waals surface area contributed by atoms with E-state index in [0.717, 1.165) is 35.2 Å². The summed E-state index contributed by atoms with van der Waals surface area (Å²) in [6.07, 6.45) is 2.45. The summed E-state index contributed by atoms with van der Waals surface area (Å²) in [7, 11) is 7.15. The van der Waals surface area contributed by atoms with Crippen LogP contribution in [0, 0.1) is 0 Å². The Kier molecular flexibility index (Phi) is 5.69. The predicted octanol–water partition coefficient (Wildman–Crippen LogP) is 3.77. The van der Waals surface area contributed by atoms with Gasteiger partial charge in [0, 0.05) is 36.6 Å². The van der Waals surface area contributed by atoms with Crippen LogP contribution in [0.3, 0.4) is 0 Å². The third-order valence-corrected chi connectivity index (χ3v) is 6.75. The Morgan fingerprint density at radius 3 is 2.38 bits per heavy atom. The van der Waals surface area contributed by atoms with Crippen LogP contribution in [0.5, 0.6) is 0 Å². The van der Waals surface area contributed by atoms with E-state index in [1.807, 2.05) is 60.6 Å². The molecule has 174 valence electrons. The number of benzene rings is 3. The number of fused-ring (bicyclic) bond motifs is 2. The Hall–Kier alpha value is -3.87.